The maximum Gasteiger partial charge on any atom is 0.296 e. The molecule has 10 heteroatoms. The average molecular weight is 473 g/mol. The molecule has 0 spiro atoms. The minimum atomic E-state index is -0.275. The van der Waals surface area contributed by atoms with Crippen LogP contribution in [0.1, 0.15) is 35.3 Å². The second-order valence-electron chi connectivity index (χ2n) is 8.35. The Morgan fingerprint density at radius 3 is 2.91 bits per heavy atom. The number of pyridine rings is 1. The molecule has 1 saturated carbocycles. The zero-order valence-electron chi connectivity index (χ0n) is 18.2. The fraction of sp³-hybridized carbons (Fsp3) is 0.435. The number of anilines is 1. The van der Waals surface area contributed by atoms with Crippen LogP contribution in [0.4, 0.5) is 6.01 Å². The highest BCUT2D eigenvalue weighted by atomic mass is 35.5. The van der Waals surface area contributed by atoms with Crippen LogP contribution in [0.5, 0.6) is 5.75 Å². The zero-order chi connectivity index (χ0) is 22.9. The molecule has 2 unspecified atom stereocenters. The third-order valence-corrected chi connectivity index (χ3v) is 6.11. The predicted molar refractivity (Wildman–Crippen MR) is 122 cm³/mol. The molecular formula is C23H25ClN4O5. The number of amides is 1. The highest BCUT2D eigenvalue weighted by Gasteiger charge is 2.39. The summed E-state index contributed by atoms with van der Waals surface area (Å²) in [4.78, 5) is 23.7. The quantitative estimate of drug-likeness (QED) is 0.514. The molecular weight excluding hydrogens is 448 g/mol. The summed E-state index contributed by atoms with van der Waals surface area (Å²) in [6, 6.07) is 6.78. The Morgan fingerprint density at radius 1 is 1.33 bits per heavy atom. The predicted octanol–water partition coefficient (Wildman–Crippen LogP) is 3.25. The summed E-state index contributed by atoms with van der Waals surface area (Å²) in [6.07, 6.45) is 4.64. The van der Waals surface area contributed by atoms with E-state index in [1.807, 2.05) is 0 Å². The molecule has 3 heterocycles. The molecule has 9 nitrogen and oxygen atoms in total. The van der Waals surface area contributed by atoms with Gasteiger partial charge in [0.25, 0.3) is 11.9 Å². The third-order valence-electron chi connectivity index (χ3n) is 5.88. The molecule has 2 aromatic heterocycles. The molecule has 1 aliphatic carbocycles. The molecule has 2 atom stereocenters. The molecule has 0 radical (unpaired) electrons. The number of carbonyl (C=O) groups excluding carboxylic acids is 1. The Bertz CT molecular complexity index is 1160. The molecule has 0 bridgehead atoms. The van der Waals surface area contributed by atoms with Gasteiger partial charge in [0.2, 0.25) is 0 Å². The number of ether oxygens (including phenoxy) is 2. The van der Waals surface area contributed by atoms with Crippen molar-refractivity contribution in [1.29, 1.82) is 0 Å². The fourth-order valence-electron chi connectivity index (χ4n) is 4.10. The van der Waals surface area contributed by atoms with Crippen molar-refractivity contribution in [1.82, 2.24) is 14.9 Å². The highest BCUT2D eigenvalue weighted by molar-refractivity contribution is 6.30. The van der Waals surface area contributed by atoms with Gasteiger partial charge in [0, 0.05) is 23.3 Å². The summed E-state index contributed by atoms with van der Waals surface area (Å²) in [5.41, 5.74) is 2.08. The summed E-state index contributed by atoms with van der Waals surface area (Å²) in [5, 5.41) is 13.5. The lowest BCUT2D eigenvalue weighted by Gasteiger charge is -2.23. The molecule has 2 fully saturated rings. The van der Waals surface area contributed by atoms with Crippen LogP contribution in [-0.4, -0.2) is 64.4 Å². The van der Waals surface area contributed by atoms with E-state index in [2.05, 4.69) is 15.3 Å². The molecule has 33 heavy (non-hydrogen) atoms. The van der Waals surface area contributed by atoms with E-state index in [0.717, 1.165) is 18.5 Å². The number of benzene rings is 1. The van der Waals surface area contributed by atoms with Gasteiger partial charge in [-0.3, -0.25) is 9.78 Å². The van der Waals surface area contributed by atoms with Gasteiger partial charge in [0.1, 0.15) is 5.52 Å². The van der Waals surface area contributed by atoms with Gasteiger partial charge in [0.05, 0.1) is 44.2 Å². The number of fused-ring (bicyclic) bond motifs is 1. The number of oxazole rings is 1. The van der Waals surface area contributed by atoms with E-state index in [0.29, 0.717) is 53.0 Å². The lowest BCUT2D eigenvalue weighted by atomic mass is 10.1. The standard InChI is InChI=1S/C23H25ClN4O5/c1-31-20-7-13(22(30)28-11-18(9-16(28)12-29)32-17-2-3-17)6-19-21(20)33-23(27-19)26-10-15-8-14(24)4-5-25-15/h4-8,16-18,29H,2-3,9-12H2,1H3,(H,26,27). The number of halogens is 1. The van der Waals surface area contributed by atoms with Crippen molar-refractivity contribution < 1.29 is 23.8 Å². The molecule has 174 valence electrons. The molecule has 1 aliphatic heterocycles. The number of carbonyl (C=O) groups is 1. The van der Waals surface area contributed by atoms with E-state index >= 15 is 0 Å². The average Bonchev–Trinajstić information content (AvgIpc) is 3.38. The minimum absolute atomic E-state index is 0.0489. The molecule has 1 amide bonds. The molecule has 1 saturated heterocycles. The fourth-order valence-corrected chi connectivity index (χ4v) is 4.28. The highest BCUT2D eigenvalue weighted by Crippen LogP contribution is 2.33. The Balaban J connectivity index is 1.36. The number of likely N-dealkylation sites (tertiary alicyclic amines) is 1. The summed E-state index contributed by atoms with van der Waals surface area (Å²) in [5.74, 6) is 0.208. The van der Waals surface area contributed by atoms with E-state index < -0.39 is 0 Å². The number of nitrogens with one attached hydrogen (secondary N) is 1. The Morgan fingerprint density at radius 2 is 2.18 bits per heavy atom. The largest absolute Gasteiger partial charge is 0.493 e. The molecule has 2 aliphatic rings. The molecule has 5 rings (SSSR count). The first-order chi connectivity index (χ1) is 16.0. The number of rotatable bonds is 8. The van der Waals surface area contributed by atoms with Crippen LogP contribution in [0.3, 0.4) is 0 Å². The summed E-state index contributed by atoms with van der Waals surface area (Å²) in [6.45, 7) is 0.722. The van der Waals surface area contributed by atoms with Crippen LogP contribution in [0.15, 0.2) is 34.9 Å². The van der Waals surface area contributed by atoms with E-state index in [1.165, 1.54) is 7.11 Å². The monoisotopic (exact) mass is 472 g/mol. The van der Waals surface area contributed by atoms with E-state index in [4.69, 9.17) is 25.5 Å². The molecule has 1 aromatic carbocycles. The lowest BCUT2D eigenvalue weighted by Crippen LogP contribution is -2.38. The second kappa shape index (κ2) is 9.17. The third kappa shape index (κ3) is 4.75. The van der Waals surface area contributed by atoms with Crippen molar-refractivity contribution in [2.24, 2.45) is 0 Å². The first kappa shape index (κ1) is 21.9. The Labute approximate surface area is 195 Å². The van der Waals surface area contributed by atoms with Crippen molar-refractivity contribution in [3.05, 3.63) is 46.7 Å². The SMILES string of the molecule is COc1cc(C(=O)N2CC(OC3CC3)CC2CO)cc2nc(NCc3cc(Cl)ccn3)oc12. The van der Waals surface area contributed by atoms with Crippen molar-refractivity contribution in [3.8, 4) is 5.75 Å². The maximum atomic E-state index is 13.3. The normalized spacial score (nSPS) is 20.4. The Hall–Kier alpha value is -2.88. The molecule has 3 aromatic rings. The number of aromatic nitrogens is 2. The Kier molecular flexibility index (Phi) is 6.09. The van der Waals surface area contributed by atoms with Crippen molar-refractivity contribution in [2.75, 3.05) is 25.6 Å². The minimum Gasteiger partial charge on any atom is -0.493 e. The van der Waals surface area contributed by atoms with Gasteiger partial charge in [-0.05, 0) is 43.5 Å². The van der Waals surface area contributed by atoms with Gasteiger partial charge in [-0.15, -0.1) is 0 Å². The number of aliphatic hydroxyl groups excluding tert-OH is 1. The van der Waals surface area contributed by atoms with Crippen LogP contribution >= 0.6 is 11.6 Å². The van der Waals surface area contributed by atoms with E-state index in [1.54, 1.807) is 35.4 Å². The first-order valence-corrected chi connectivity index (χ1v) is 11.3. The molecule has 2 N–H and O–H groups in total. The van der Waals surface area contributed by atoms with Crippen molar-refractivity contribution in [3.63, 3.8) is 0 Å². The van der Waals surface area contributed by atoms with Crippen molar-refractivity contribution >= 4 is 34.6 Å². The van der Waals surface area contributed by atoms with Gasteiger partial charge in [0.15, 0.2) is 11.3 Å². The topological polar surface area (TPSA) is 110 Å². The van der Waals surface area contributed by atoms with Gasteiger partial charge < -0.3 is 29.2 Å². The number of nitrogens with zero attached hydrogens (tertiary/aromatic N) is 3. The van der Waals surface area contributed by atoms with Crippen molar-refractivity contribution in [2.45, 2.75) is 44.1 Å². The van der Waals surface area contributed by atoms with Crippen LogP contribution in [-0.2, 0) is 11.3 Å². The van der Waals surface area contributed by atoms with E-state index in [9.17, 15) is 9.90 Å². The van der Waals surface area contributed by atoms with Gasteiger partial charge in [-0.1, -0.05) is 11.6 Å². The number of methoxy groups -OCH3 is 1. The summed E-state index contributed by atoms with van der Waals surface area (Å²) >= 11 is 6.01. The van der Waals surface area contributed by atoms with E-state index in [-0.39, 0.29) is 30.7 Å². The summed E-state index contributed by atoms with van der Waals surface area (Å²) in [7, 11) is 1.51. The van der Waals surface area contributed by atoms with Crippen LogP contribution < -0.4 is 10.1 Å². The number of hydrogen-bond donors (Lipinski definition) is 2. The summed E-state index contributed by atoms with van der Waals surface area (Å²) < 4.78 is 17.3. The van der Waals surface area contributed by atoms with Gasteiger partial charge in [-0.25, -0.2) is 0 Å². The zero-order valence-corrected chi connectivity index (χ0v) is 18.9. The number of aliphatic hydroxyl groups is 1. The first-order valence-electron chi connectivity index (χ1n) is 10.9. The van der Waals surface area contributed by atoms with Crippen LogP contribution in [0.2, 0.25) is 5.02 Å². The second-order valence-corrected chi connectivity index (χ2v) is 8.79. The smallest absolute Gasteiger partial charge is 0.296 e. The van der Waals surface area contributed by atoms with Gasteiger partial charge >= 0.3 is 0 Å². The van der Waals surface area contributed by atoms with Gasteiger partial charge in [-0.2, -0.15) is 4.98 Å². The van der Waals surface area contributed by atoms with Crippen LogP contribution in [0.25, 0.3) is 11.1 Å². The number of hydrogen-bond acceptors (Lipinski definition) is 8. The lowest BCUT2D eigenvalue weighted by molar-refractivity contribution is 0.0431. The van der Waals surface area contributed by atoms with Crippen LogP contribution in [0, 0.1) is 0 Å². The maximum absolute atomic E-state index is 13.3.